The van der Waals surface area contributed by atoms with E-state index >= 15 is 0 Å². The molecule has 9 heteroatoms. The summed E-state index contributed by atoms with van der Waals surface area (Å²) in [6.07, 6.45) is -1.04. The molecular weight excluding hydrogens is 276 g/mol. The molecule has 112 valence electrons. The Balaban J connectivity index is 4.25. The summed E-state index contributed by atoms with van der Waals surface area (Å²) < 4.78 is 29.3. The van der Waals surface area contributed by atoms with Crippen molar-refractivity contribution in [3.05, 3.63) is 0 Å². The molecule has 0 saturated carbocycles. The number of rotatable bonds is 8. The van der Waals surface area contributed by atoms with Crippen LogP contribution in [0.2, 0.25) is 0 Å². The molecule has 8 nitrogen and oxygen atoms in total. The number of hydrogen-bond acceptors (Lipinski definition) is 6. The molecule has 19 heavy (non-hydrogen) atoms. The van der Waals surface area contributed by atoms with Crippen LogP contribution in [0.5, 0.6) is 0 Å². The van der Waals surface area contributed by atoms with Crippen molar-refractivity contribution in [3.63, 3.8) is 0 Å². The van der Waals surface area contributed by atoms with Gasteiger partial charge in [0.1, 0.15) is 0 Å². The van der Waals surface area contributed by atoms with E-state index in [1.54, 1.807) is 6.92 Å². The first kappa shape index (κ1) is 17.8. The van der Waals surface area contributed by atoms with Crippen molar-refractivity contribution in [3.8, 4) is 0 Å². The molecule has 3 N–H and O–H groups in total. The van der Waals surface area contributed by atoms with Crippen LogP contribution >= 0.6 is 0 Å². The van der Waals surface area contributed by atoms with Crippen molar-refractivity contribution in [2.24, 2.45) is 0 Å². The molecule has 0 saturated heterocycles. The van der Waals surface area contributed by atoms with Crippen LogP contribution in [-0.4, -0.2) is 57.0 Å². The normalized spacial score (nSPS) is 14.5. The van der Waals surface area contributed by atoms with Gasteiger partial charge in [0, 0.05) is 0 Å². The summed E-state index contributed by atoms with van der Waals surface area (Å²) in [4.78, 5) is 22.4. The van der Waals surface area contributed by atoms with Gasteiger partial charge in [-0.05, 0) is 13.3 Å². The molecule has 0 spiro atoms. The van der Waals surface area contributed by atoms with Crippen LogP contribution in [0.15, 0.2) is 0 Å². The summed E-state index contributed by atoms with van der Waals surface area (Å²) in [6, 6.07) is -0.985. The first-order valence-corrected chi connectivity index (χ1v) is 7.42. The van der Waals surface area contributed by atoms with Gasteiger partial charge < -0.3 is 15.2 Å². The summed E-state index contributed by atoms with van der Waals surface area (Å²) in [5.41, 5.74) is 0. The Morgan fingerprint density at radius 3 is 2.42 bits per heavy atom. The number of methoxy groups -OCH3 is 1. The van der Waals surface area contributed by atoms with Crippen molar-refractivity contribution in [2.45, 2.75) is 32.4 Å². The van der Waals surface area contributed by atoms with E-state index < -0.39 is 34.0 Å². The van der Waals surface area contributed by atoms with Gasteiger partial charge in [-0.3, -0.25) is 4.79 Å². The Hall–Kier alpha value is -1.19. The summed E-state index contributed by atoms with van der Waals surface area (Å²) in [5, 5.41) is 11.5. The Labute approximate surface area is 112 Å². The molecule has 0 aromatic heterocycles. The predicted octanol–water partition coefficient (Wildman–Crippen LogP) is -1.65. The zero-order chi connectivity index (χ0) is 15.1. The number of carbonyl (C=O) groups is 2. The maximum atomic E-state index is 11.5. The Morgan fingerprint density at radius 2 is 1.95 bits per heavy atom. The fraction of sp³-hybridized carbons (Fsp3) is 0.800. The number of nitrogens with one attached hydrogen (secondary N) is 2. The van der Waals surface area contributed by atoms with E-state index in [1.165, 1.54) is 6.92 Å². The van der Waals surface area contributed by atoms with Crippen molar-refractivity contribution >= 4 is 21.9 Å². The van der Waals surface area contributed by atoms with E-state index in [0.29, 0.717) is 6.42 Å². The minimum atomic E-state index is -3.50. The third-order valence-corrected chi connectivity index (χ3v) is 3.82. The van der Waals surface area contributed by atoms with E-state index in [0.717, 1.165) is 7.11 Å². The van der Waals surface area contributed by atoms with Gasteiger partial charge in [0.25, 0.3) is 0 Å². The highest BCUT2D eigenvalue weighted by Crippen LogP contribution is 1.93. The van der Waals surface area contributed by atoms with E-state index in [4.69, 9.17) is 0 Å². The molecule has 0 aromatic rings. The summed E-state index contributed by atoms with van der Waals surface area (Å²) in [7, 11) is -2.39. The van der Waals surface area contributed by atoms with Gasteiger partial charge in [-0.2, -0.15) is 0 Å². The Morgan fingerprint density at radius 1 is 1.37 bits per heavy atom. The molecule has 0 aliphatic carbocycles. The number of aliphatic hydroxyl groups excluding tert-OH is 1. The maximum absolute atomic E-state index is 11.5. The molecule has 0 heterocycles. The number of hydrogen-bond donors (Lipinski definition) is 3. The number of esters is 1. The van der Waals surface area contributed by atoms with Crippen LogP contribution in [0, 0.1) is 0 Å². The first-order chi connectivity index (χ1) is 8.73. The zero-order valence-corrected chi connectivity index (χ0v) is 12.0. The molecule has 0 aliphatic heterocycles. The van der Waals surface area contributed by atoms with E-state index in [-0.39, 0.29) is 12.3 Å². The van der Waals surface area contributed by atoms with Crippen LogP contribution in [0.1, 0.15) is 20.3 Å². The minimum Gasteiger partial charge on any atom is -0.467 e. The van der Waals surface area contributed by atoms with E-state index in [1.807, 2.05) is 0 Å². The van der Waals surface area contributed by atoms with Gasteiger partial charge in [0.05, 0.1) is 25.4 Å². The third kappa shape index (κ3) is 7.09. The number of aliphatic hydroxyl groups is 1. The van der Waals surface area contributed by atoms with Crippen LogP contribution in [0.25, 0.3) is 0 Å². The molecule has 0 aromatic carbocycles. The molecule has 2 atom stereocenters. The fourth-order valence-electron chi connectivity index (χ4n) is 1.22. The van der Waals surface area contributed by atoms with E-state index in [9.17, 15) is 23.1 Å². The van der Waals surface area contributed by atoms with Crippen molar-refractivity contribution in [1.82, 2.24) is 10.0 Å². The van der Waals surface area contributed by atoms with Crippen LogP contribution in [-0.2, 0) is 24.3 Å². The minimum absolute atomic E-state index is 0.0740. The third-order valence-electron chi connectivity index (χ3n) is 2.17. The highest BCUT2D eigenvalue weighted by Gasteiger charge is 2.21. The van der Waals surface area contributed by atoms with Gasteiger partial charge in [0.15, 0.2) is 6.10 Å². The quantitative estimate of drug-likeness (QED) is 0.462. The molecule has 0 aliphatic rings. The highest BCUT2D eigenvalue weighted by molar-refractivity contribution is 7.89. The first-order valence-electron chi connectivity index (χ1n) is 5.77. The lowest BCUT2D eigenvalue weighted by atomic mass is 10.3. The monoisotopic (exact) mass is 296 g/mol. The Bertz CT molecular complexity index is 408. The largest absolute Gasteiger partial charge is 0.467 e. The summed E-state index contributed by atoms with van der Waals surface area (Å²) >= 11 is 0. The lowest BCUT2D eigenvalue weighted by molar-refractivity contribution is -0.150. The maximum Gasteiger partial charge on any atom is 0.336 e. The average Bonchev–Trinajstić information content (AvgIpc) is 2.33. The second kappa shape index (κ2) is 8.08. The van der Waals surface area contributed by atoms with Crippen LogP contribution in [0.4, 0.5) is 0 Å². The molecule has 1 amide bonds. The molecule has 0 rings (SSSR count). The molecule has 0 bridgehead atoms. The lowest BCUT2D eigenvalue weighted by Gasteiger charge is -2.15. The van der Waals surface area contributed by atoms with Crippen molar-refractivity contribution in [2.75, 3.05) is 19.4 Å². The summed E-state index contributed by atoms with van der Waals surface area (Å²) in [6.45, 7) is 2.73. The topological polar surface area (TPSA) is 122 Å². The predicted molar refractivity (Wildman–Crippen MR) is 67.7 cm³/mol. The fourth-order valence-corrected chi connectivity index (χ4v) is 2.52. The smallest absolute Gasteiger partial charge is 0.336 e. The molecule has 0 radical (unpaired) electrons. The van der Waals surface area contributed by atoms with Gasteiger partial charge in [-0.25, -0.2) is 17.9 Å². The second-order valence-corrected chi connectivity index (χ2v) is 5.82. The number of carbonyl (C=O) groups excluding carboxylic acids is 2. The number of sulfonamides is 1. The van der Waals surface area contributed by atoms with Gasteiger partial charge in [0.2, 0.25) is 15.9 Å². The van der Waals surface area contributed by atoms with Gasteiger partial charge >= 0.3 is 5.97 Å². The standard InChI is InChI=1S/C10H20N2O6S/c1-4-5-19(16,17)12-7(2)9(14)11-6-8(13)10(15)18-3/h7-8,12-13H,4-6H2,1-3H3,(H,11,14). The second-order valence-electron chi connectivity index (χ2n) is 3.94. The number of amides is 1. The Kier molecular flexibility index (Phi) is 7.57. The molecule has 2 unspecified atom stereocenters. The summed E-state index contributed by atoms with van der Waals surface area (Å²) in [5.74, 6) is -1.59. The SMILES string of the molecule is CCCS(=O)(=O)NC(C)C(=O)NCC(O)C(=O)OC. The van der Waals surface area contributed by atoms with E-state index in [2.05, 4.69) is 14.8 Å². The number of ether oxygens (including phenoxy) is 1. The van der Waals surface area contributed by atoms with Crippen molar-refractivity contribution in [1.29, 1.82) is 0 Å². The van der Waals surface area contributed by atoms with Crippen molar-refractivity contribution < 1.29 is 27.9 Å². The molecular formula is C10H20N2O6S. The molecule has 0 fully saturated rings. The zero-order valence-electron chi connectivity index (χ0n) is 11.2. The average molecular weight is 296 g/mol. The van der Waals surface area contributed by atoms with Gasteiger partial charge in [-0.1, -0.05) is 6.92 Å². The van der Waals surface area contributed by atoms with Gasteiger partial charge in [-0.15, -0.1) is 0 Å². The van der Waals surface area contributed by atoms with Crippen LogP contribution < -0.4 is 10.0 Å². The van der Waals surface area contributed by atoms with Crippen LogP contribution in [0.3, 0.4) is 0 Å². The highest BCUT2D eigenvalue weighted by atomic mass is 32.2. The lowest BCUT2D eigenvalue weighted by Crippen LogP contribution is -2.48.